The number of carbonyl (C=O) groups is 1. The molecule has 0 bridgehead atoms. The number of aliphatic hydroxyl groups is 1. The Bertz CT molecular complexity index is 377. The topological polar surface area (TPSA) is 49.8 Å². The average Bonchev–Trinajstić information content (AvgIpc) is 2.28. The molecule has 16 heavy (non-hydrogen) atoms. The lowest BCUT2D eigenvalue weighted by atomic mass is 10.1. The van der Waals surface area contributed by atoms with Gasteiger partial charge in [-0.1, -0.05) is 11.6 Å². The number of likely N-dealkylation sites (N-methyl/N-ethyl adjacent to an activating group) is 1. The highest BCUT2D eigenvalue weighted by Crippen LogP contribution is 2.21. The molecule has 1 aromatic carbocycles. The minimum absolute atomic E-state index is 0.0466. The quantitative estimate of drug-likeness (QED) is 0.779. The Balaban J connectivity index is 3.11. The van der Waals surface area contributed by atoms with E-state index in [-0.39, 0.29) is 12.6 Å². The van der Waals surface area contributed by atoms with E-state index < -0.39 is 0 Å². The summed E-state index contributed by atoms with van der Waals surface area (Å²) in [6.07, 6.45) is 0. The maximum Gasteiger partial charge on any atom is 0.339 e. The van der Waals surface area contributed by atoms with Gasteiger partial charge in [0.05, 0.1) is 25.0 Å². The number of esters is 1. The highest BCUT2D eigenvalue weighted by molar-refractivity contribution is 5.96. The van der Waals surface area contributed by atoms with Gasteiger partial charge in [-0.25, -0.2) is 4.79 Å². The van der Waals surface area contributed by atoms with Crippen molar-refractivity contribution in [3.63, 3.8) is 0 Å². The lowest BCUT2D eigenvalue weighted by molar-refractivity contribution is 0.0601. The Morgan fingerprint density at radius 3 is 2.75 bits per heavy atom. The molecule has 0 spiro atoms. The van der Waals surface area contributed by atoms with Crippen LogP contribution in [0.5, 0.6) is 0 Å². The van der Waals surface area contributed by atoms with Crippen LogP contribution in [-0.4, -0.2) is 38.4 Å². The Morgan fingerprint density at radius 1 is 1.50 bits per heavy atom. The molecule has 0 aliphatic heterocycles. The Hall–Kier alpha value is -1.55. The van der Waals surface area contributed by atoms with Crippen LogP contribution in [0.25, 0.3) is 0 Å². The van der Waals surface area contributed by atoms with E-state index in [1.807, 2.05) is 31.0 Å². The molecule has 0 atom stereocenters. The molecular weight excluding hydrogens is 206 g/mol. The first-order valence-electron chi connectivity index (χ1n) is 5.11. The first kappa shape index (κ1) is 12.5. The fourth-order valence-electron chi connectivity index (χ4n) is 1.53. The molecule has 0 saturated heterocycles. The first-order chi connectivity index (χ1) is 7.60. The zero-order chi connectivity index (χ0) is 12.1. The molecule has 0 saturated carbocycles. The molecule has 4 heteroatoms. The minimum atomic E-state index is -0.358. The van der Waals surface area contributed by atoms with Gasteiger partial charge in [0, 0.05) is 13.6 Å². The van der Waals surface area contributed by atoms with E-state index in [1.54, 1.807) is 6.07 Å². The molecule has 88 valence electrons. The number of aryl methyl sites for hydroxylation is 1. The number of methoxy groups -OCH3 is 1. The molecule has 0 aliphatic rings. The third-order valence-corrected chi connectivity index (χ3v) is 2.40. The predicted octanol–water partition coefficient (Wildman–Crippen LogP) is 1.21. The molecule has 0 unspecified atom stereocenters. The number of rotatable bonds is 4. The van der Waals surface area contributed by atoms with E-state index in [2.05, 4.69) is 0 Å². The largest absolute Gasteiger partial charge is 0.465 e. The fourth-order valence-corrected chi connectivity index (χ4v) is 1.53. The van der Waals surface area contributed by atoms with Crippen molar-refractivity contribution in [2.45, 2.75) is 6.92 Å². The van der Waals surface area contributed by atoms with Crippen LogP contribution in [0.3, 0.4) is 0 Å². The van der Waals surface area contributed by atoms with Gasteiger partial charge < -0.3 is 14.7 Å². The number of carbonyl (C=O) groups excluding carboxylic acids is 1. The van der Waals surface area contributed by atoms with Gasteiger partial charge in [0.2, 0.25) is 0 Å². The van der Waals surface area contributed by atoms with Crippen LogP contribution in [-0.2, 0) is 4.74 Å². The zero-order valence-electron chi connectivity index (χ0n) is 9.86. The smallest absolute Gasteiger partial charge is 0.339 e. The summed E-state index contributed by atoms with van der Waals surface area (Å²) in [7, 11) is 3.19. The molecule has 0 fully saturated rings. The molecule has 0 aromatic heterocycles. The second-order valence-corrected chi connectivity index (χ2v) is 3.66. The molecule has 4 nitrogen and oxygen atoms in total. The van der Waals surface area contributed by atoms with Crippen molar-refractivity contribution in [2.75, 3.05) is 32.2 Å². The van der Waals surface area contributed by atoms with Gasteiger partial charge in [-0.15, -0.1) is 0 Å². The average molecular weight is 223 g/mol. The van der Waals surface area contributed by atoms with Crippen LogP contribution in [0.15, 0.2) is 18.2 Å². The SMILES string of the molecule is COC(=O)c1cc(C)ccc1N(C)CCO. The van der Waals surface area contributed by atoms with Crippen molar-refractivity contribution in [1.29, 1.82) is 0 Å². The van der Waals surface area contributed by atoms with Crippen LogP contribution in [0, 0.1) is 6.92 Å². The van der Waals surface area contributed by atoms with E-state index in [9.17, 15) is 4.79 Å². The second kappa shape index (κ2) is 5.51. The standard InChI is InChI=1S/C12H17NO3/c1-9-4-5-11(13(2)6-7-14)10(8-9)12(15)16-3/h4-5,8,14H,6-7H2,1-3H3. The van der Waals surface area contributed by atoms with E-state index >= 15 is 0 Å². The summed E-state index contributed by atoms with van der Waals surface area (Å²) in [6.45, 7) is 2.44. The third kappa shape index (κ3) is 2.73. The molecule has 1 N–H and O–H groups in total. The van der Waals surface area contributed by atoms with Gasteiger partial charge >= 0.3 is 5.97 Å². The Kier molecular flexibility index (Phi) is 4.31. The summed E-state index contributed by atoms with van der Waals surface area (Å²) >= 11 is 0. The highest BCUT2D eigenvalue weighted by atomic mass is 16.5. The molecular formula is C12H17NO3. The zero-order valence-corrected chi connectivity index (χ0v) is 9.86. The number of nitrogens with zero attached hydrogens (tertiary/aromatic N) is 1. The normalized spacial score (nSPS) is 10.0. The van der Waals surface area contributed by atoms with Crippen LogP contribution in [0.1, 0.15) is 15.9 Å². The predicted molar refractivity (Wildman–Crippen MR) is 62.9 cm³/mol. The third-order valence-electron chi connectivity index (χ3n) is 2.40. The monoisotopic (exact) mass is 223 g/mol. The maximum absolute atomic E-state index is 11.6. The number of hydrogen-bond donors (Lipinski definition) is 1. The van der Waals surface area contributed by atoms with Crippen LogP contribution in [0.4, 0.5) is 5.69 Å². The van der Waals surface area contributed by atoms with E-state index in [0.29, 0.717) is 12.1 Å². The van der Waals surface area contributed by atoms with Crippen molar-refractivity contribution < 1.29 is 14.6 Å². The van der Waals surface area contributed by atoms with Gasteiger partial charge in [-0.05, 0) is 19.1 Å². The Morgan fingerprint density at radius 2 is 2.19 bits per heavy atom. The van der Waals surface area contributed by atoms with Crippen molar-refractivity contribution in [1.82, 2.24) is 0 Å². The van der Waals surface area contributed by atoms with E-state index in [1.165, 1.54) is 7.11 Å². The minimum Gasteiger partial charge on any atom is -0.465 e. The number of aliphatic hydroxyl groups excluding tert-OH is 1. The Labute approximate surface area is 95.5 Å². The van der Waals surface area contributed by atoms with Gasteiger partial charge in [-0.2, -0.15) is 0 Å². The van der Waals surface area contributed by atoms with Crippen LogP contribution >= 0.6 is 0 Å². The fraction of sp³-hybridized carbons (Fsp3) is 0.417. The van der Waals surface area contributed by atoms with Crippen molar-refractivity contribution in [3.8, 4) is 0 Å². The first-order valence-corrected chi connectivity index (χ1v) is 5.11. The lowest BCUT2D eigenvalue weighted by Crippen LogP contribution is -2.23. The second-order valence-electron chi connectivity index (χ2n) is 3.66. The molecule has 0 amide bonds. The van der Waals surface area contributed by atoms with E-state index in [0.717, 1.165) is 11.3 Å². The number of ether oxygens (including phenoxy) is 1. The molecule has 0 radical (unpaired) electrons. The van der Waals surface area contributed by atoms with Crippen LogP contribution in [0.2, 0.25) is 0 Å². The molecule has 0 heterocycles. The summed E-state index contributed by atoms with van der Waals surface area (Å²) in [5.41, 5.74) is 2.30. The summed E-state index contributed by atoms with van der Waals surface area (Å²) in [4.78, 5) is 13.4. The van der Waals surface area contributed by atoms with Gasteiger partial charge in [0.25, 0.3) is 0 Å². The number of hydrogen-bond acceptors (Lipinski definition) is 4. The summed E-state index contributed by atoms with van der Waals surface area (Å²) < 4.78 is 4.73. The van der Waals surface area contributed by atoms with Gasteiger partial charge in [0.15, 0.2) is 0 Å². The lowest BCUT2D eigenvalue weighted by Gasteiger charge is -2.20. The number of anilines is 1. The maximum atomic E-state index is 11.6. The van der Waals surface area contributed by atoms with Gasteiger partial charge in [-0.3, -0.25) is 0 Å². The molecule has 1 rings (SSSR count). The van der Waals surface area contributed by atoms with Crippen molar-refractivity contribution >= 4 is 11.7 Å². The summed E-state index contributed by atoms with van der Waals surface area (Å²) in [5.74, 6) is -0.358. The summed E-state index contributed by atoms with van der Waals surface area (Å²) in [5, 5.41) is 8.88. The van der Waals surface area contributed by atoms with Crippen molar-refractivity contribution in [2.24, 2.45) is 0 Å². The molecule has 1 aromatic rings. The molecule has 0 aliphatic carbocycles. The highest BCUT2D eigenvalue weighted by Gasteiger charge is 2.14. The summed E-state index contributed by atoms with van der Waals surface area (Å²) in [6, 6.07) is 5.57. The van der Waals surface area contributed by atoms with E-state index in [4.69, 9.17) is 9.84 Å². The number of benzene rings is 1. The van der Waals surface area contributed by atoms with Crippen LogP contribution < -0.4 is 4.90 Å². The van der Waals surface area contributed by atoms with Gasteiger partial charge in [0.1, 0.15) is 0 Å². The van der Waals surface area contributed by atoms with Crippen molar-refractivity contribution in [3.05, 3.63) is 29.3 Å².